The van der Waals surface area contributed by atoms with Crippen LogP contribution in [-0.4, -0.2) is 53.2 Å². The van der Waals surface area contributed by atoms with E-state index < -0.39 is 0 Å². The number of rotatable bonds is 3. The van der Waals surface area contributed by atoms with Crippen molar-refractivity contribution < 1.29 is 14.3 Å². The second kappa shape index (κ2) is 7.15. The molecule has 6 nitrogen and oxygen atoms in total. The summed E-state index contributed by atoms with van der Waals surface area (Å²) in [7, 11) is 0. The molecule has 0 spiro atoms. The second-order valence-corrected chi connectivity index (χ2v) is 6.83. The standard InChI is InChI=1S/C18H20ClN3O3/c19-15-2-1-3-16(10-15)22-12-14(11-20-22)17(23)21-6-4-13(5-7-21)18-24-8-9-25-18/h1-3,10-13,18H,4-9H2. The molecule has 2 aliphatic heterocycles. The van der Waals surface area contributed by atoms with Gasteiger partial charge in [-0.3, -0.25) is 4.79 Å². The number of hydrogen-bond donors (Lipinski definition) is 0. The molecule has 0 unspecified atom stereocenters. The summed E-state index contributed by atoms with van der Waals surface area (Å²) in [6.07, 6.45) is 5.07. The number of amides is 1. The average molecular weight is 362 g/mol. The molecular weight excluding hydrogens is 342 g/mol. The Morgan fingerprint density at radius 2 is 1.96 bits per heavy atom. The van der Waals surface area contributed by atoms with Gasteiger partial charge in [-0.1, -0.05) is 17.7 Å². The highest BCUT2D eigenvalue weighted by atomic mass is 35.5. The highest BCUT2D eigenvalue weighted by Crippen LogP contribution is 2.26. The third-order valence-electron chi connectivity index (χ3n) is 4.76. The first kappa shape index (κ1) is 16.6. The zero-order valence-corrected chi connectivity index (χ0v) is 14.6. The molecule has 2 aromatic rings. The summed E-state index contributed by atoms with van der Waals surface area (Å²) in [6, 6.07) is 7.39. The first-order valence-electron chi connectivity index (χ1n) is 8.54. The van der Waals surface area contributed by atoms with Crippen molar-refractivity contribution in [3.8, 4) is 5.69 Å². The number of carbonyl (C=O) groups is 1. The van der Waals surface area contributed by atoms with Gasteiger partial charge in [-0.25, -0.2) is 4.68 Å². The van der Waals surface area contributed by atoms with Crippen LogP contribution >= 0.6 is 11.6 Å². The fourth-order valence-electron chi connectivity index (χ4n) is 3.40. The zero-order valence-electron chi connectivity index (χ0n) is 13.8. The summed E-state index contributed by atoms with van der Waals surface area (Å²) in [6.45, 7) is 2.78. The number of likely N-dealkylation sites (tertiary alicyclic amines) is 1. The Balaban J connectivity index is 1.40. The Hall–Kier alpha value is -1.89. The largest absolute Gasteiger partial charge is 0.350 e. The molecule has 0 N–H and O–H groups in total. The maximum absolute atomic E-state index is 12.7. The number of nitrogens with zero attached hydrogens (tertiary/aromatic N) is 3. The Morgan fingerprint density at radius 1 is 1.20 bits per heavy atom. The van der Waals surface area contributed by atoms with Crippen molar-refractivity contribution in [3.63, 3.8) is 0 Å². The predicted octanol–water partition coefficient (Wildman–Crippen LogP) is 2.75. The fraction of sp³-hybridized carbons (Fsp3) is 0.444. The van der Waals surface area contributed by atoms with Crippen LogP contribution in [-0.2, 0) is 9.47 Å². The van der Waals surface area contributed by atoms with Crippen LogP contribution in [0.1, 0.15) is 23.2 Å². The van der Waals surface area contributed by atoms with Gasteiger partial charge in [0.25, 0.3) is 5.91 Å². The van der Waals surface area contributed by atoms with E-state index in [0.717, 1.165) is 31.6 Å². The number of benzene rings is 1. The van der Waals surface area contributed by atoms with E-state index in [1.807, 2.05) is 29.2 Å². The van der Waals surface area contributed by atoms with Crippen LogP contribution in [0.15, 0.2) is 36.7 Å². The van der Waals surface area contributed by atoms with Crippen LogP contribution in [0.25, 0.3) is 5.69 Å². The molecule has 2 fully saturated rings. The molecule has 0 atom stereocenters. The molecule has 2 aliphatic rings. The molecule has 7 heteroatoms. The third-order valence-corrected chi connectivity index (χ3v) is 5.00. The Bertz CT molecular complexity index is 750. The lowest BCUT2D eigenvalue weighted by Crippen LogP contribution is -2.41. The van der Waals surface area contributed by atoms with Gasteiger partial charge >= 0.3 is 0 Å². The van der Waals surface area contributed by atoms with E-state index in [1.165, 1.54) is 0 Å². The molecule has 1 aromatic heterocycles. The van der Waals surface area contributed by atoms with E-state index in [0.29, 0.717) is 29.7 Å². The maximum Gasteiger partial charge on any atom is 0.257 e. The SMILES string of the molecule is O=C(c1cnn(-c2cccc(Cl)c2)c1)N1CCC(C2OCCO2)CC1. The van der Waals surface area contributed by atoms with Gasteiger partial charge in [0, 0.05) is 30.2 Å². The summed E-state index contributed by atoms with van der Waals surface area (Å²) in [5.74, 6) is 0.390. The molecule has 0 bridgehead atoms. The zero-order chi connectivity index (χ0) is 17.2. The van der Waals surface area contributed by atoms with Crippen molar-refractivity contribution in [2.45, 2.75) is 19.1 Å². The Labute approximate surface area is 151 Å². The van der Waals surface area contributed by atoms with E-state index in [-0.39, 0.29) is 12.2 Å². The van der Waals surface area contributed by atoms with Crippen molar-refractivity contribution in [2.24, 2.45) is 5.92 Å². The van der Waals surface area contributed by atoms with Gasteiger partial charge in [0.05, 0.1) is 30.7 Å². The fourth-order valence-corrected chi connectivity index (χ4v) is 3.58. The van der Waals surface area contributed by atoms with E-state index in [9.17, 15) is 4.79 Å². The van der Waals surface area contributed by atoms with Crippen molar-refractivity contribution in [1.82, 2.24) is 14.7 Å². The molecule has 25 heavy (non-hydrogen) atoms. The molecule has 132 valence electrons. The average Bonchev–Trinajstić information content (AvgIpc) is 3.33. The van der Waals surface area contributed by atoms with Gasteiger partial charge in [-0.2, -0.15) is 5.10 Å². The Morgan fingerprint density at radius 3 is 2.68 bits per heavy atom. The highest BCUT2D eigenvalue weighted by Gasteiger charge is 2.32. The van der Waals surface area contributed by atoms with Gasteiger partial charge in [0.1, 0.15) is 0 Å². The topological polar surface area (TPSA) is 56.6 Å². The number of hydrogen-bond acceptors (Lipinski definition) is 4. The van der Waals surface area contributed by atoms with Crippen LogP contribution in [0.2, 0.25) is 5.02 Å². The third kappa shape index (κ3) is 3.56. The molecular formula is C18H20ClN3O3. The van der Waals surface area contributed by atoms with Crippen molar-refractivity contribution in [3.05, 3.63) is 47.2 Å². The Kier molecular flexibility index (Phi) is 4.74. The van der Waals surface area contributed by atoms with E-state index in [2.05, 4.69) is 5.10 Å². The molecule has 4 rings (SSSR count). The van der Waals surface area contributed by atoms with E-state index >= 15 is 0 Å². The van der Waals surface area contributed by atoms with Crippen LogP contribution in [0.3, 0.4) is 0 Å². The van der Waals surface area contributed by atoms with Crippen LogP contribution in [0.4, 0.5) is 0 Å². The summed E-state index contributed by atoms with van der Waals surface area (Å²) >= 11 is 6.02. The lowest BCUT2D eigenvalue weighted by Gasteiger charge is -2.33. The number of piperidine rings is 1. The maximum atomic E-state index is 12.7. The number of ether oxygens (including phenoxy) is 2. The quantitative estimate of drug-likeness (QED) is 0.843. The molecule has 0 radical (unpaired) electrons. The molecule has 0 aliphatic carbocycles. The van der Waals surface area contributed by atoms with E-state index in [4.69, 9.17) is 21.1 Å². The molecule has 0 saturated carbocycles. The van der Waals surface area contributed by atoms with Crippen molar-refractivity contribution >= 4 is 17.5 Å². The second-order valence-electron chi connectivity index (χ2n) is 6.39. The lowest BCUT2D eigenvalue weighted by molar-refractivity contribution is -0.0956. The summed E-state index contributed by atoms with van der Waals surface area (Å²) in [5.41, 5.74) is 1.42. The molecule has 3 heterocycles. The number of halogens is 1. The highest BCUT2D eigenvalue weighted by molar-refractivity contribution is 6.30. The van der Waals surface area contributed by atoms with Crippen LogP contribution in [0.5, 0.6) is 0 Å². The lowest BCUT2D eigenvalue weighted by atomic mass is 9.96. The predicted molar refractivity (Wildman–Crippen MR) is 92.9 cm³/mol. The van der Waals surface area contributed by atoms with Crippen LogP contribution < -0.4 is 0 Å². The molecule has 1 amide bonds. The van der Waals surface area contributed by atoms with Gasteiger partial charge in [-0.05, 0) is 31.0 Å². The molecule has 2 saturated heterocycles. The summed E-state index contributed by atoms with van der Waals surface area (Å²) < 4.78 is 12.8. The smallest absolute Gasteiger partial charge is 0.257 e. The minimum atomic E-state index is -0.0946. The van der Waals surface area contributed by atoms with Crippen LogP contribution in [0, 0.1) is 5.92 Å². The summed E-state index contributed by atoms with van der Waals surface area (Å²) in [5, 5.41) is 4.93. The van der Waals surface area contributed by atoms with Gasteiger partial charge in [-0.15, -0.1) is 0 Å². The summed E-state index contributed by atoms with van der Waals surface area (Å²) in [4.78, 5) is 14.6. The van der Waals surface area contributed by atoms with Gasteiger partial charge < -0.3 is 14.4 Å². The van der Waals surface area contributed by atoms with Crippen molar-refractivity contribution in [1.29, 1.82) is 0 Å². The van der Waals surface area contributed by atoms with E-state index in [1.54, 1.807) is 17.1 Å². The molecule has 1 aromatic carbocycles. The van der Waals surface area contributed by atoms with Gasteiger partial charge in [0.15, 0.2) is 6.29 Å². The monoisotopic (exact) mass is 361 g/mol. The number of carbonyl (C=O) groups excluding carboxylic acids is 1. The minimum absolute atomic E-state index is 0.0139. The van der Waals surface area contributed by atoms with Gasteiger partial charge in [0.2, 0.25) is 0 Å². The minimum Gasteiger partial charge on any atom is -0.350 e. The van der Waals surface area contributed by atoms with Crippen molar-refractivity contribution in [2.75, 3.05) is 26.3 Å². The number of aromatic nitrogens is 2. The first-order chi connectivity index (χ1) is 12.2. The normalized spacial score (nSPS) is 19.5. The first-order valence-corrected chi connectivity index (χ1v) is 8.91.